The minimum absolute atomic E-state index is 0.00442. The van der Waals surface area contributed by atoms with Gasteiger partial charge in [0.15, 0.2) is 9.84 Å². The summed E-state index contributed by atoms with van der Waals surface area (Å²) in [5.74, 6) is -1.53. The molecule has 0 radical (unpaired) electrons. The summed E-state index contributed by atoms with van der Waals surface area (Å²) in [5.41, 5.74) is 2.90. The highest BCUT2D eigenvalue weighted by Crippen LogP contribution is 2.34. The van der Waals surface area contributed by atoms with Crippen molar-refractivity contribution in [3.8, 4) is 6.07 Å². The number of benzene rings is 2. The van der Waals surface area contributed by atoms with E-state index in [1.54, 1.807) is 24.3 Å². The van der Waals surface area contributed by atoms with Gasteiger partial charge in [0.25, 0.3) is 0 Å². The Morgan fingerprint density at radius 1 is 1.17 bits per heavy atom. The van der Waals surface area contributed by atoms with Crippen molar-refractivity contribution < 1.29 is 18.3 Å². The smallest absolute Gasteiger partial charge is 0.335 e. The molecular formula is C22H18ClNO4S. The number of hydrogen-bond donors (Lipinski definition) is 1. The monoisotopic (exact) mass is 427 g/mol. The van der Waals surface area contributed by atoms with Crippen molar-refractivity contribution in [1.29, 1.82) is 5.26 Å². The molecule has 0 atom stereocenters. The number of carbonyl (C=O) groups is 1. The molecule has 0 amide bonds. The highest BCUT2D eigenvalue weighted by atomic mass is 35.5. The fraction of sp³-hybridized carbons (Fsp3) is 0.182. The van der Waals surface area contributed by atoms with Gasteiger partial charge in [-0.2, -0.15) is 5.26 Å². The molecule has 0 spiro atoms. The van der Waals surface area contributed by atoms with E-state index in [1.165, 1.54) is 18.2 Å². The molecule has 1 aliphatic rings. The van der Waals surface area contributed by atoms with Crippen LogP contribution in [-0.2, 0) is 22.0 Å². The summed E-state index contributed by atoms with van der Waals surface area (Å²) in [6, 6.07) is 11.1. The summed E-state index contributed by atoms with van der Waals surface area (Å²) < 4.78 is 26.5. The molecule has 2 aromatic carbocycles. The van der Waals surface area contributed by atoms with Crippen LogP contribution >= 0.6 is 11.6 Å². The van der Waals surface area contributed by atoms with Gasteiger partial charge < -0.3 is 5.11 Å². The molecule has 0 unspecified atom stereocenters. The molecule has 29 heavy (non-hydrogen) atoms. The lowest BCUT2D eigenvalue weighted by molar-refractivity contribution is 0.0696. The number of carboxylic acid groups (broad SMARTS) is 1. The lowest BCUT2D eigenvalue weighted by Gasteiger charge is -2.14. The van der Waals surface area contributed by atoms with Gasteiger partial charge >= 0.3 is 5.97 Å². The van der Waals surface area contributed by atoms with Gasteiger partial charge in [-0.3, -0.25) is 0 Å². The van der Waals surface area contributed by atoms with E-state index >= 15 is 0 Å². The molecule has 0 fully saturated rings. The van der Waals surface area contributed by atoms with Gasteiger partial charge in [-0.25, -0.2) is 13.2 Å². The molecule has 7 heteroatoms. The number of sulfone groups is 1. The van der Waals surface area contributed by atoms with Crippen LogP contribution in [0.2, 0.25) is 0 Å². The second-order valence-corrected chi connectivity index (χ2v) is 9.15. The van der Waals surface area contributed by atoms with E-state index < -0.39 is 15.8 Å². The number of carboxylic acids is 1. The van der Waals surface area contributed by atoms with Crippen LogP contribution in [-0.4, -0.2) is 19.5 Å². The summed E-state index contributed by atoms with van der Waals surface area (Å²) in [6.07, 6.45) is 4.54. The fourth-order valence-electron chi connectivity index (χ4n) is 3.32. The maximum Gasteiger partial charge on any atom is 0.335 e. The Hall–Kier alpha value is -2.88. The third kappa shape index (κ3) is 4.42. The quantitative estimate of drug-likeness (QED) is 0.720. The third-order valence-corrected chi connectivity index (χ3v) is 6.78. The fourth-order valence-corrected chi connectivity index (χ4v) is 5.25. The van der Waals surface area contributed by atoms with E-state index in [0.29, 0.717) is 40.1 Å². The van der Waals surface area contributed by atoms with E-state index in [4.69, 9.17) is 11.6 Å². The number of aromatic carboxylic acids is 1. The first kappa shape index (κ1) is 20.8. The first-order valence-corrected chi connectivity index (χ1v) is 11.0. The van der Waals surface area contributed by atoms with Crippen molar-refractivity contribution in [3.63, 3.8) is 0 Å². The van der Waals surface area contributed by atoms with Crippen LogP contribution in [0, 0.1) is 11.3 Å². The van der Waals surface area contributed by atoms with Gasteiger partial charge in [-0.05, 0) is 59.0 Å². The zero-order chi connectivity index (χ0) is 21.2. The van der Waals surface area contributed by atoms with Crippen molar-refractivity contribution in [2.75, 3.05) is 0 Å². The van der Waals surface area contributed by atoms with Crippen molar-refractivity contribution in [3.05, 3.63) is 81.4 Å². The summed E-state index contributed by atoms with van der Waals surface area (Å²) in [6.45, 7) is 1.81. The molecule has 0 aromatic heterocycles. The Labute approximate surface area is 174 Å². The predicted octanol–water partition coefficient (Wildman–Crippen LogP) is 4.70. The van der Waals surface area contributed by atoms with Crippen LogP contribution < -0.4 is 0 Å². The van der Waals surface area contributed by atoms with Gasteiger partial charge in [0, 0.05) is 11.5 Å². The summed E-state index contributed by atoms with van der Waals surface area (Å²) in [7, 11) is -3.85. The number of nitrogens with zero attached hydrogens (tertiary/aromatic N) is 1. The highest BCUT2D eigenvalue weighted by molar-refractivity contribution is 7.90. The van der Waals surface area contributed by atoms with E-state index in [1.807, 2.05) is 19.1 Å². The second kappa shape index (κ2) is 8.24. The molecule has 2 aromatic rings. The lowest BCUT2D eigenvalue weighted by Crippen LogP contribution is -2.11. The summed E-state index contributed by atoms with van der Waals surface area (Å²) in [5, 5.41) is 19.2. The third-order valence-electron chi connectivity index (χ3n) is 4.78. The molecule has 1 N–H and O–H groups in total. The molecule has 148 valence electrons. The molecule has 1 aliphatic carbocycles. The van der Waals surface area contributed by atoms with E-state index in [-0.39, 0.29) is 16.2 Å². The van der Waals surface area contributed by atoms with Gasteiger partial charge in [-0.15, -0.1) is 0 Å². The Balaban J connectivity index is 2.09. The Morgan fingerprint density at radius 2 is 1.93 bits per heavy atom. The first-order valence-electron chi connectivity index (χ1n) is 8.92. The Bertz CT molecular complexity index is 1200. The van der Waals surface area contributed by atoms with Crippen molar-refractivity contribution >= 4 is 33.0 Å². The van der Waals surface area contributed by atoms with Gasteiger partial charge in [0.2, 0.25) is 0 Å². The number of aryl methyl sites for hydroxylation is 1. The summed E-state index contributed by atoms with van der Waals surface area (Å²) in [4.78, 5) is 11.3. The molecule has 5 nitrogen and oxygen atoms in total. The highest BCUT2D eigenvalue weighted by Gasteiger charge is 2.24. The zero-order valence-electron chi connectivity index (χ0n) is 15.6. The van der Waals surface area contributed by atoms with Crippen LogP contribution in [0.25, 0.3) is 5.57 Å². The number of halogens is 1. The first-order chi connectivity index (χ1) is 13.7. The molecule has 0 heterocycles. The van der Waals surface area contributed by atoms with E-state index in [0.717, 1.165) is 5.57 Å². The standard InChI is InChI=1S/C22H18ClNO4S/c1-2-15-4-5-17(22(25)26)11-21(15)29(27,28)13-18-9-14(12-24)3-8-20(18)16-6-7-19(23)10-16/h3-9,11H,2,10,13H2,1H3,(H,25,26). The average Bonchev–Trinajstić information content (AvgIpc) is 3.13. The molecule has 0 bridgehead atoms. The van der Waals surface area contributed by atoms with Crippen molar-refractivity contribution in [2.45, 2.75) is 30.4 Å². The largest absolute Gasteiger partial charge is 0.478 e. The van der Waals surface area contributed by atoms with Crippen LogP contribution in [0.4, 0.5) is 0 Å². The summed E-state index contributed by atoms with van der Waals surface area (Å²) >= 11 is 6.07. The van der Waals surface area contributed by atoms with Crippen LogP contribution in [0.1, 0.15) is 46.0 Å². The van der Waals surface area contributed by atoms with Crippen LogP contribution in [0.3, 0.4) is 0 Å². The molecule has 0 saturated carbocycles. The van der Waals surface area contributed by atoms with Crippen molar-refractivity contribution in [2.24, 2.45) is 0 Å². The van der Waals surface area contributed by atoms with Crippen molar-refractivity contribution in [1.82, 2.24) is 0 Å². The zero-order valence-corrected chi connectivity index (χ0v) is 17.2. The Morgan fingerprint density at radius 3 is 2.52 bits per heavy atom. The van der Waals surface area contributed by atoms with Gasteiger partial charge in [0.05, 0.1) is 27.8 Å². The van der Waals surface area contributed by atoms with Crippen LogP contribution in [0.15, 0.2) is 58.5 Å². The van der Waals surface area contributed by atoms with Crippen LogP contribution in [0.5, 0.6) is 0 Å². The number of hydrogen-bond acceptors (Lipinski definition) is 4. The normalized spacial score (nSPS) is 13.6. The second-order valence-electron chi connectivity index (χ2n) is 6.71. The minimum Gasteiger partial charge on any atom is -0.478 e. The predicted molar refractivity (Wildman–Crippen MR) is 111 cm³/mol. The molecular weight excluding hydrogens is 410 g/mol. The molecule has 3 rings (SSSR count). The number of rotatable bonds is 6. The number of allylic oxidation sites excluding steroid dienone is 4. The lowest BCUT2D eigenvalue weighted by atomic mass is 9.98. The molecule has 0 aliphatic heterocycles. The van der Waals surface area contributed by atoms with E-state index in [2.05, 4.69) is 0 Å². The Kier molecular flexibility index (Phi) is 5.92. The maximum absolute atomic E-state index is 13.3. The minimum atomic E-state index is -3.85. The maximum atomic E-state index is 13.3. The van der Waals surface area contributed by atoms with Gasteiger partial charge in [0.1, 0.15) is 0 Å². The van der Waals surface area contributed by atoms with Gasteiger partial charge in [-0.1, -0.05) is 36.7 Å². The molecule has 0 saturated heterocycles. The topological polar surface area (TPSA) is 95.2 Å². The SMILES string of the molecule is CCc1ccc(C(=O)O)cc1S(=O)(=O)Cc1cc(C#N)ccc1C1=CC=C(Cl)C1. The average molecular weight is 428 g/mol. The number of nitriles is 1. The van der Waals surface area contributed by atoms with E-state index in [9.17, 15) is 23.6 Å².